The monoisotopic (exact) mass is 258 g/mol. The van der Waals surface area contributed by atoms with Gasteiger partial charge in [0.05, 0.1) is 23.5 Å². The van der Waals surface area contributed by atoms with Gasteiger partial charge in [0.15, 0.2) is 0 Å². The van der Waals surface area contributed by atoms with Crippen LogP contribution in [0.3, 0.4) is 0 Å². The van der Waals surface area contributed by atoms with Crippen molar-refractivity contribution in [1.29, 1.82) is 0 Å². The Kier molecular flexibility index (Phi) is 4.13. The van der Waals surface area contributed by atoms with E-state index in [2.05, 4.69) is 0 Å². The number of carbonyl (C=O) groups is 2. The molecule has 0 aromatic heterocycles. The Morgan fingerprint density at radius 3 is 2.39 bits per heavy atom. The molecule has 6 nitrogen and oxygen atoms in total. The van der Waals surface area contributed by atoms with E-state index in [0.717, 1.165) is 0 Å². The van der Waals surface area contributed by atoms with E-state index in [1.165, 1.54) is 19.1 Å². The van der Waals surface area contributed by atoms with E-state index in [1.54, 1.807) is 0 Å². The molecule has 18 heavy (non-hydrogen) atoms. The maximum Gasteiger partial charge on any atom is 0.313 e. The van der Waals surface area contributed by atoms with Gasteiger partial charge in [-0.15, -0.1) is 0 Å². The van der Waals surface area contributed by atoms with Crippen molar-refractivity contribution < 1.29 is 30.0 Å². The molecule has 3 atom stereocenters. The molecule has 0 bridgehead atoms. The highest BCUT2D eigenvalue weighted by molar-refractivity contribution is 5.81. The molecular weight excluding hydrogens is 240 g/mol. The average molecular weight is 258 g/mol. The standard InChI is InChI=1S/C12H18O6/c1-11(9(15)16)3-2-4-12(7-11,10(17)18)5-8(14)6-13/h2-3,8,13-14H,4-7H2,1H3,(H,15,16)(H,17,18). The van der Waals surface area contributed by atoms with Crippen LogP contribution in [0.25, 0.3) is 0 Å². The number of carboxylic acid groups (broad SMARTS) is 2. The van der Waals surface area contributed by atoms with E-state index in [-0.39, 0.29) is 19.3 Å². The minimum Gasteiger partial charge on any atom is -0.481 e. The molecule has 0 spiro atoms. The number of carboxylic acids is 2. The second-order valence-electron chi connectivity index (χ2n) is 5.13. The second kappa shape index (κ2) is 5.07. The average Bonchev–Trinajstić information content (AvgIpc) is 2.28. The summed E-state index contributed by atoms with van der Waals surface area (Å²) in [5.74, 6) is -2.24. The molecule has 0 amide bonds. The normalized spacial score (nSPS) is 33.1. The van der Waals surface area contributed by atoms with Crippen LogP contribution in [0.2, 0.25) is 0 Å². The Balaban J connectivity index is 3.05. The zero-order valence-corrected chi connectivity index (χ0v) is 10.2. The highest BCUT2D eigenvalue weighted by Gasteiger charge is 2.49. The zero-order chi connectivity index (χ0) is 14.0. The maximum atomic E-state index is 11.4. The first-order valence-corrected chi connectivity index (χ1v) is 5.69. The molecule has 0 aliphatic heterocycles. The van der Waals surface area contributed by atoms with Gasteiger partial charge in [-0.05, 0) is 26.2 Å². The van der Waals surface area contributed by atoms with Gasteiger partial charge in [0, 0.05) is 0 Å². The predicted molar refractivity (Wildman–Crippen MR) is 61.9 cm³/mol. The van der Waals surface area contributed by atoms with E-state index in [4.69, 9.17) is 10.2 Å². The zero-order valence-electron chi connectivity index (χ0n) is 10.2. The largest absolute Gasteiger partial charge is 0.481 e. The molecule has 6 heteroatoms. The van der Waals surface area contributed by atoms with Crippen LogP contribution < -0.4 is 0 Å². The Morgan fingerprint density at radius 1 is 1.33 bits per heavy atom. The Morgan fingerprint density at radius 2 is 1.94 bits per heavy atom. The van der Waals surface area contributed by atoms with Crippen molar-refractivity contribution >= 4 is 11.9 Å². The third-order valence-electron chi connectivity index (χ3n) is 3.48. The third-order valence-corrected chi connectivity index (χ3v) is 3.48. The third kappa shape index (κ3) is 2.70. The van der Waals surface area contributed by atoms with E-state index in [1.807, 2.05) is 0 Å². The van der Waals surface area contributed by atoms with Crippen molar-refractivity contribution in [2.75, 3.05) is 6.61 Å². The summed E-state index contributed by atoms with van der Waals surface area (Å²) >= 11 is 0. The van der Waals surface area contributed by atoms with Crippen molar-refractivity contribution in [2.24, 2.45) is 10.8 Å². The van der Waals surface area contributed by atoms with Crippen molar-refractivity contribution in [3.8, 4) is 0 Å². The van der Waals surface area contributed by atoms with Crippen LogP contribution in [-0.4, -0.2) is 45.1 Å². The maximum absolute atomic E-state index is 11.4. The number of hydrogen-bond acceptors (Lipinski definition) is 4. The Hall–Kier alpha value is -1.40. The summed E-state index contributed by atoms with van der Waals surface area (Å²) in [7, 11) is 0. The number of rotatable bonds is 5. The van der Waals surface area contributed by atoms with Crippen LogP contribution in [0, 0.1) is 10.8 Å². The van der Waals surface area contributed by atoms with Gasteiger partial charge in [-0.1, -0.05) is 12.2 Å². The van der Waals surface area contributed by atoms with Gasteiger partial charge in [0.1, 0.15) is 0 Å². The molecule has 102 valence electrons. The van der Waals surface area contributed by atoms with Crippen LogP contribution in [-0.2, 0) is 9.59 Å². The molecule has 0 aromatic carbocycles. The van der Waals surface area contributed by atoms with Crippen LogP contribution in [0.15, 0.2) is 12.2 Å². The summed E-state index contributed by atoms with van der Waals surface area (Å²) in [5, 5.41) is 36.7. The smallest absolute Gasteiger partial charge is 0.313 e. The highest BCUT2D eigenvalue weighted by atomic mass is 16.4. The number of allylic oxidation sites excluding steroid dienone is 1. The van der Waals surface area contributed by atoms with Gasteiger partial charge in [0.2, 0.25) is 0 Å². The lowest BCUT2D eigenvalue weighted by atomic mass is 9.64. The first-order valence-electron chi connectivity index (χ1n) is 5.69. The van der Waals surface area contributed by atoms with Crippen LogP contribution in [0.5, 0.6) is 0 Å². The molecule has 0 heterocycles. The first kappa shape index (κ1) is 14.7. The number of hydrogen-bond donors (Lipinski definition) is 4. The lowest BCUT2D eigenvalue weighted by Gasteiger charge is -2.39. The van der Waals surface area contributed by atoms with Crippen LogP contribution in [0.1, 0.15) is 26.2 Å². The molecule has 1 aliphatic carbocycles. The molecule has 0 saturated heterocycles. The summed E-state index contributed by atoms with van der Waals surface area (Å²) in [6.45, 7) is 0.913. The summed E-state index contributed by atoms with van der Waals surface area (Å²) in [4.78, 5) is 22.6. The molecule has 0 fully saturated rings. The fraction of sp³-hybridized carbons (Fsp3) is 0.667. The molecule has 0 radical (unpaired) electrons. The van der Waals surface area contributed by atoms with Gasteiger partial charge in [0.25, 0.3) is 0 Å². The van der Waals surface area contributed by atoms with Crippen molar-refractivity contribution in [1.82, 2.24) is 0 Å². The van der Waals surface area contributed by atoms with Crippen LogP contribution in [0.4, 0.5) is 0 Å². The van der Waals surface area contributed by atoms with E-state index < -0.39 is 35.5 Å². The topological polar surface area (TPSA) is 115 Å². The van der Waals surface area contributed by atoms with Crippen molar-refractivity contribution in [3.63, 3.8) is 0 Å². The highest BCUT2D eigenvalue weighted by Crippen LogP contribution is 2.45. The van der Waals surface area contributed by atoms with Gasteiger partial charge in [-0.25, -0.2) is 0 Å². The molecule has 3 unspecified atom stereocenters. The fourth-order valence-electron chi connectivity index (χ4n) is 2.45. The fourth-order valence-corrected chi connectivity index (χ4v) is 2.45. The van der Waals surface area contributed by atoms with E-state index in [9.17, 15) is 19.8 Å². The van der Waals surface area contributed by atoms with E-state index in [0.29, 0.717) is 0 Å². The van der Waals surface area contributed by atoms with Gasteiger partial charge in [-0.3, -0.25) is 9.59 Å². The summed E-state index contributed by atoms with van der Waals surface area (Å²) < 4.78 is 0. The molecule has 1 aliphatic rings. The summed E-state index contributed by atoms with van der Waals surface area (Å²) in [6, 6.07) is 0. The second-order valence-corrected chi connectivity index (χ2v) is 5.13. The lowest BCUT2D eigenvalue weighted by molar-refractivity contribution is -0.158. The van der Waals surface area contributed by atoms with Gasteiger partial charge < -0.3 is 20.4 Å². The lowest BCUT2D eigenvalue weighted by Crippen LogP contribution is -2.44. The Bertz CT molecular complexity index is 377. The van der Waals surface area contributed by atoms with Crippen LogP contribution >= 0.6 is 0 Å². The van der Waals surface area contributed by atoms with Gasteiger partial charge in [-0.2, -0.15) is 0 Å². The van der Waals surface area contributed by atoms with Crippen molar-refractivity contribution in [2.45, 2.75) is 32.3 Å². The Labute approximate surface area is 105 Å². The quantitative estimate of drug-likeness (QED) is 0.525. The first-order chi connectivity index (χ1) is 8.26. The summed E-state index contributed by atoms with van der Waals surface area (Å²) in [6.07, 6.45) is 1.75. The summed E-state index contributed by atoms with van der Waals surface area (Å²) in [5.41, 5.74) is -2.60. The predicted octanol–water partition coefficient (Wildman–Crippen LogP) is 0.242. The molecule has 0 aromatic rings. The van der Waals surface area contributed by atoms with Crippen molar-refractivity contribution in [3.05, 3.63) is 12.2 Å². The molecule has 0 saturated carbocycles. The molecule has 4 N–H and O–H groups in total. The minimum atomic E-state index is -1.34. The minimum absolute atomic E-state index is 0.0990. The number of aliphatic carboxylic acids is 2. The number of aliphatic hydroxyl groups is 2. The SMILES string of the molecule is CC1(C(=O)O)C=CCC(CC(O)CO)(C(=O)O)C1. The van der Waals surface area contributed by atoms with E-state index >= 15 is 0 Å². The van der Waals surface area contributed by atoms with Gasteiger partial charge >= 0.3 is 11.9 Å². The molecule has 1 rings (SSSR count). The molecular formula is C12H18O6. The number of aliphatic hydroxyl groups excluding tert-OH is 2.